The Hall–Kier alpha value is -1.36. The first-order valence-electron chi connectivity index (χ1n) is 5.12. The van der Waals surface area contributed by atoms with Gasteiger partial charge in [0.1, 0.15) is 6.10 Å². The van der Waals surface area contributed by atoms with Crippen LogP contribution in [0.15, 0.2) is 0 Å². The van der Waals surface area contributed by atoms with E-state index >= 15 is 0 Å². The molecule has 1 saturated heterocycles. The summed E-state index contributed by atoms with van der Waals surface area (Å²) in [6.45, 7) is 4.52. The lowest BCUT2D eigenvalue weighted by atomic mass is 10.2. The number of aryl methyl sites for hydroxylation is 1. The Labute approximate surface area is 88.2 Å². The van der Waals surface area contributed by atoms with Crippen LogP contribution in [0.2, 0.25) is 0 Å². The van der Waals surface area contributed by atoms with Crippen molar-refractivity contribution in [3.05, 3.63) is 11.3 Å². The maximum atomic E-state index is 11.7. The standard InChI is InChI=1S/C10H15N3O2/c1-6-7(2)12-13-9(6)11-10(14)8-4-3-5-15-8/h8H,3-5H2,1-2H3,(H2,11,12,13,14)/t8-/m0/s1. The van der Waals surface area contributed by atoms with Crippen LogP contribution in [0.3, 0.4) is 0 Å². The Bertz CT molecular complexity index is 367. The minimum atomic E-state index is -0.304. The van der Waals surface area contributed by atoms with Gasteiger partial charge in [0, 0.05) is 17.9 Å². The van der Waals surface area contributed by atoms with Gasteiger partial charge in [0.25, 0.3) is 5.91 Å². The third-order valence-electron chi connectivity index (χ3n) is 2.72. The van der Waals surface area contributed by atoms with Crippen molar-refractivity contribution < 1.29 is 9.53 Å². The number of aromatic nitrogens is 2. The van der Waals surface area contributed by atoms with E-state index < -0.39 is 0 Å². The second kappa shape index (κ2) is 4.02. The molecule has 0 aliphatic carbocycles. The maximum absolute atomic E-state index is 11.7. The van der Waals surface area contributed by atoms with Crippen LogP contribution < -0.4 is 5.32 Å². The molecule has 1 aromatic rings. The largest absolute Gasteiger partial charge is 0.368 e. The lowest BCUT2D eigenvalue weighted by Crippen LogP contribution is -2.27. The van der Waals surface area contributed by atoms with Crippen molar-refractivity contribution >= 4 is 11.7 Å². The van der Waals surface area contributed by atoms with Crippen molar-refractivity contribution in [1.82, 2.24) is 10.2 Å². The van der Waals surface area contributed by atoms with Crippen LogP contribution in [0.25, 0.3) is 0 Å². The molecule has 2 N–H and O–H groups in total. The summed E-state index contributed by atoms with van der Waals surface area (Å²) in [7, 11) is 0. The van der Waals surface area contributed by atoms with Crippen LogP contribution in [0.1, 0.15) is 24.1 Å². The van der Waals surface area contributed by atoms with E-state index in [4.69, 9.17) is 4.74 Å². The molecule has 0 bridgehead atoms. The molecular formula is C10H15N3O2. The summed E-state index contributed by atoms with van der Waals surface area (Å²) in [6, 6.07) is 0. The van der Waals surface area contributed by atoms with Gasteiger partial charge >= 0.3 is 0 Å². The normalized spacial score (nSPS) is 20.5. The number of nitrogens with zero attached hydrogens (tertiary/aromatic N) is 1. The summed E-state index contributed by atoms with van der Waals surface area (Å²) < 4.78 is 5.28. The monoisotopic (exact) mass is 209 g/mol. The predicted molar refractivity (Wildman–Crippen MR) is 55.7 cm³/mol. The highest BCUT2D eigenvalue weighted by Gasteiger charge is 2.24. The van der Waals surface area contributed by atoms with E-state index in [9.17, 15) is 4.79 Å². The van der Waals surface area contributed by atoms with Gasteiger partial charge in [-0.3, -0.25) is 9.89 Å². The Morgan fingerprint density at radius 2 is 2.40 bits per heavy atom. The number of hydrogen-bond donors (Lipinski definition) is 2. The first kappa shape index (κ1) is 10.2. The molecule has 0 radical (unpaired) electrons. The number of H-pyrrole nitrogens is 1. The molecule has 1 atom stereocenters. The van der Waals surface area contributed by atoms with E-state index in [1.54, 1.807) is 0 Å². The van der Waals surface area contributed by atoms with Crippen molar-refractivity contribution in [1.29, 1.82) is 0 Å². The van der Waals surface area contributed by atoms with Crippen molar-refractivity contribution in [2.45, 2.75) is 32.8 Å². The second-order valence-corrected chi connectivity index (χ2v) is 3.81. The highest BCUT2D eigenvalue weighted by Crippen LogP contribution is 2.17. The fourth-order valence-electron chi connectivity index (χ4n) is 1.59. The van der Waals surface area contributed by atoms with E-state index in [-0.39, 0.29) is 12.0 Å². The van der Waals surface area contributed by atoms with Gasteiger partial charge < -0.3 is 10.1 Å². The maximum Gasteiger partial charge on any atom is 0.254 e. The van der Waals surface area contributed by atoms with Gasteiger partial charge in [-0.05, 0) is 26.7 Å². The van der Waals surface area contributed by atoms with Crippen LogP contribution in [-0.4, -0.2) is 28.8 Å². The molecule has 82 valence electrons. The Balaban J connectivity index is 2.02. The molecule has 15 heavy (non-hydrogen) atoms. The SMILES string of the molecule is Cc1[nH]nc(NC(=O)[C@@H]2CCCO2)c1C. The number of carbonyl (C=O) groups excluding carboxylic acids is 1. The molecule has 5 heteroatoms. The first-order valence-corrected chi connectivity index (χ1v) is 5.12. The molecule has 1 aliphatic rings. The molecule has 0 saturated carbocycles. The molecule has 5 nitrogen and oxygen atoms in total. The summed E-state index contributed by atoms with van der Waals surface area (Å²) in [4.78, 5) is 11.7. The van der Waals surface area contributed by atoms with Gasteiger partial charge in [-0.2, -0.15) is 5.10 Å². The lowest BCUT2D eigenvalue weighted by molar-refractivity contribution is -0.124. The molecule has 1 aliphatic heterocycles. The predicted octanol–water partition coefficient (Wildman–Crippen LogP) is 1.14. The number of amides is 1. The van der Waals surface area contributed by atoms with Crippen molar-refractivity contribution in [3.8, 4) is 0 Å². The van der Waals surface area contributed by atoms with Crippen LogP contribution in [0.5, 0.6) is 0 Å². The average Bonchev–Trinajstić information content (AvgIpc) is 2.83. The van der Waals surface area contributed by atoms with Gasteiger partial charge in [0.15, 0.2) is 5.82 Å². The van der Waals surface area contributed by atoms with Crippen LogP contribution >= 0.6 is 0 Å². The highest BCUT2D eigenvalue weighted by molar-refractivity contribution is 5.94. The first-order chi connectivity index (χ1) is 7.18. The fourth-order valence-corrected chi connectivity index (χ4v) is 1.59. The van der Waals surface area contributed by atoms with E-state index in [0.29, 0.717) is 12.4 Å². The quantitative estimate of drug-likeness (QED) is 0.767. The van der Waals surface area contributed by atoms with Gasteiger partial charge in [-0.1, -0.05) is 0 Å². The average molecular weight is 209 g/mol. The molecule has 1 amide bonds. The summed E-state index contributed by atoms with van der Waals surface area (Å²) in [5.74, 6) is 0.509. The Morgan fingerprint density at radius 1 is 1.60 bits per heavy atom. The minimum Gasteiger partial charge on any atom is -0.368 e. The van der Waals surface area contributed by atoms with E-state index in [0.717, 1.165) is 24.1 Å². The molecule has 0 spiro atoms. The Morgan fingerprint density at radius 3 is 2.93 bits per heavy atom. The molecule has 2 rings (SSSR count). The fraction of sp³-hybridized carbons (Fsp3) is 0.600. The molecule has 2 heterocycles. The van der Waals surface area contributed by atoms with Gasteiger partial charge in [0.2, 0.25) is 0 Å². The van der Waals surface area contributed by atoms with Crippen molar-refractivity contribution in [2.24, 2.45) is 0 Å². The van der Waals surface area contributed by atoms with E-state index in [2.05, 4.69) is 15.5 Å². The van der Waals surface area contributed by atoms with E-state index in [1.165, 1.54) is 0 Å². The van der Waals surface area contributed by atoms with Crippen LogP contribution in [0, 0.1) is 13.8 Å². The van der Waals surface area contributed by atoms with Gasteiger partial charge in [-0.15, -0.1) is 0 Å². The van der Waals surface area contributed by atoms with Gasteiger partial charge in [0.05, 0.1) is 0 Å². The number of nitrogens with one attached hydrogen (secondary N) is 2. The number of ether oxygens (including phenoxy) is 1. The number of anilines is 1. The molecular weight excluding hydrogens is 194 g/mol. The highest BCUT2D eigenvalue weighted by atomic mass is 16.5. The third kappa shape index (κ3) is 2.02. The lowest BCUT2D eigenvalue weighted by Gasteiger charge is -2.08. The number of hydrogen-bond acceptors (Lipinski definition) is 3. The summed E-state index contributed by atoms with van der Waals surface area (Å²) >= 11 is 0. The molecule has 0 unspecified atom stereocenters. The number of carbonyl (C=O) groups is 1. The summed E-state index contributed by atoms with van der Waals surface area (Å²) in [6.07, 6.45) is 1.45. The third-order valence-corrected chi connectivity index (χ3v) is 2.72. The zero-order chi connectivity index (χ0) is 10.8. The zero-order valence-corrected chi connectivity index (χ0v) is 8.96. The van der Waals surface area contributed by atoms with Crippen molar-refractivity contribution in [2.75, 3.05) is 11.9 Å². The minimum absolute atomic E-state index is 0.0953. The topological polar surface area (TPSA) is 67.0 Å². The number of rotatable bonds is 2. The summed E-state index contributed by atoms with van der Waals surface area (Å²) in [5.41, 5.74) is 1.94. The van der Waals surface area contributed by atoms with Crippen molar-refractivity contribution in [3.63, 3.8) is 0 Å². The van der Waals surface area contributed by atoms with Gasteiger partial charge in [-0.25, -0.2) is 0 Å². The molecule has 1 fully saturated rings. The van der Waals surface area contributed by atoms with Crippen LogP contribution in [0.4, 0.5) is 5.82 Å². The van der Waals surface area contributed by atoms with Crippen LogP contribution in [-0.2, 0) is 9.53 Å². The second-order valence-electron chi connectivity index (χ2n) is 3.81. The Kier molecular flexibility index (Phi) is 2.73. The smallest absolute Gasteiger partial charge is 0.254 e. The molecule has 1 aromatic heterocycles. The number of aromatic amines is 1. The van der Waals surface area contributed by atoms with E-state index in [1.807, 2.05) is 13.8 Å². The zero-order valence-electron chi connectivity index (χ0n) is 8.96. The molecule has 0 aromatic carbocycles. The summed E-state index contributed by atoms with van der Waals surface area (Å²) in [5, 5.41) is 9.61.